The van der Waals surface area contributed by atoms with Crippen LogP contribution in [0.25, 0.3) is 11.2 Å². The summed E-state index contributed by atoms with van der Waals surface area (Å²) in [5.74, 6) is -3.67. The predicted molar refractivity (Wildman–Crippen MR) is 167 cm³/mol. The average Bonchev–Trinajstić information content (AvgIpc) is 3.52. The van der Waals surface area contributed by atoms with E-state index in [0.717, 1.165) is 28.3 Å². The van der Waals surface area contributed by atoms with E-state index in [0.29, 0.717) is 23.7 Å². The summed E-state index contributed by atoms with van der Waals surface area (Å²) in [6.45, 7) is 2.69. The number of nitrogens with zero attached hydrogens (tertiary/aromatic N) is 6. The lowest BCUT2D eigenvalue weighted by atomic mass is 10.0. The molecule has 2 aliphatic heterocycles. The number of halogens is 1. The fourth-order valence-electron chi connectivity index (χ4n) is 4.83. The largest absolute Gasteiger partial charge is 0.543 e. The van der Waals surface area contributed by atoms with Gasteiger partial charge in [0, 0.05) is 31.5 Å². The lowest BCUT2D eigenvalue weighted by Crippen LogP contribution is -2.71. The smallest absolute Gasteiger partial charge is 0.351 e. The summed E-state index contributed by atoms with van der Waals surface area (Å²) in [4.78, 5) is 65.0. The molecule has 3 atom stereocenters. The lowest BCUT2D eigenvalue weighted by Gasteiger charge is -2.50. The summed E-state index contributed by atoms with van der Waals surface area (Å²) in [5, 5.41) is 33.3. The molecule has 17 nitrogen and oxygen atoms in total. The Labute approximate surface area is 274 Å². The molecule has 2 aliphatic rings. The number of nitrogens with two attached hydrogens (primary N) is 1. The normalized spacial score (nSPS) is 18.7. The molecule has 0 aliphatic carbocycles. The number of β-lactam (4-membered cyclic amide) rings is 1. The van der Waals surface area contributed by atoms with Gasteiger partial charge in [0.15, 0.2) is 10.8 Å². The maximum atomic E-state index is 13.3. The number of carboxylic acid groups (broad SMARTS) is 2. The number of thiazole rings is 1. The van der Waals surface area contributed by atoms with Crippen LogP contribution in [0.1, 0.15) is 12.6 Å². The number of carboxylic acids is 2. The highest BCUT2D eigenvalue weighted by Crippen LogP contribution is 2.40. The van der Waals surface area contributed by atoms with E-state index in [2.05, 4.69) is 26.1 Å². The number of nitrogens with one attached hydrogen (secondary N) is 3. The van der Waals surface area contributed by atoms with Crippen LogP contribution in [0.3, 0.4) is 0 Å². The van der Waals surface area contributed by atoms with Crippen LogP contribution in [-0.2, 0) is 37.6 Å². The molecule has 0 saturated carbocycles. The Morgan fingerprint density at radius 1 is 1.35 bits per heavy atom. The number of anilines is 2. The summed E-state index contributed by atoms with van der Waals surface area (Å²) >= 11 is 8.28. The lowest BCUT2D eigenvalue weighted by molar-refractivity contribution is -0.664. The topological polar surface area (TPSA) is 233 Å². The molecule has 20 heteroatoms. The van der Waals surface area contributed by atoms with Gasteiger partial charge in [-0.3, -0.25) is 19.1 Å². The minimum absolute atomic E-state index is 0.0114. The second-order valence-corrected chi connectivity index (χ2v) is 12.9. The van der Waals surface area contributed by atoms with Crippen LogP contribution in [0.4, 0.5) is 11.1 Å². The highest BCUT2D eigenvalue weighted by molar-refractivity contribution is 8.00. The highest BCUT2D eigenvalue weighted by Gasteiger charge is 2.53. The van der Waals surface area contributed by atoms with Gasteiger partial charge in [0.1, 0.15) is 33.5 Å². The molecule has 3 aromatic rings. The second kappa shape index (κ2) is 13.5. The SMILES string of the molecule is CNCCNc1nc2c(ccc[n+]2CC2=C(C(=O)[O-])N3C(=O)[C@@H](NC(=O)/C(=N\O[C@@H](C)C(=O)O)c4nc(N)sc4Cl)C3SC2)n1C. The first-order valence-electron chi connectivity index (χ1n) is 13.7. The summed E-state index contributed by atoms with van der Waals surface area (Å²) in [7, 11) is 3.72. The minimum Gasteiger partial charge on any atom is -0.543 e. The number of aliphatic carboxylic acids is 2. The molecule has 0 radical (unpaired) electrons. The molecule has 1 fully saturated rings. The zero-order valence-electron chi connectivity index (χ0n) is 24.6. The van der Waals surface area contributed by atoms with Gasteiger partial charge >= 0.3 is 17.6 Å². The van der Waals surface area contributed by atoms with Crippen LogP contribution in [0.5, 0.6) is 0 Å². The van der Waals surface area contributed by atoms with Crippen molar-refractivity contribution in [3.8, 4) is 0 Å². The van der Waals surface area contributed by atoms with E-state index in [1.165, 1.54) is 18.7 Å². The third-order valence-electron chi connectivity index (χ3n) is 7.15. The number of fused-ring (bicyclic) bond motifs is 2. The maximum Gasteiger partial charge on any atom is 0.351 e. The first kappa shape index (κ1) is 32.9. The van der Waals surface area contributed by atoms with Crippen molar-refractivity contribution in [3.05, 3.63) is 39.6 Å². The van der Waals surface area contributed by atoms with Gasteiger partial charge < -0.3 is 41.5 Å². The van der Waals surface area contributed by atoms with Gasteiger partial charge in [0.25, 0.3) is 11.8 Å². The molecule has 5 rings (SSSR count). The third kappa shape index (κ3) is 6.30. The monoisotopic (exact) mass is 692 g/mol. The Morgan fingerprint density at radius 2 is 2.11 bits per heavy atom. The van der Waals surface area contributed by atoms with Gasteiger partial charge in [-0.15, -0.1) is 11.8 Å². The van der Waals surface area contributed by atoms with E-state index in [9.17, 15) is 24.3 Å². The Balaban J connectivity index is 1.38. The van der Waals surface area contributed by atoms with Gasteiger partial charge in [-0.25, -0.2) is 14.3 Å². The van der Waals surface area contributed by atoms with E-state index in [-0.39, 0.29) is 33.2 Å². The van der Waals surface area contributed by atoms with Crippen LogP contribution in [0.2, 0.25) is 4.34 Å². The van der Waals surface area contributed by atoms with Gasteiger partial charge in [0.05, 0.1) is 17.9 Å². The fraction of sp³-hybridized carbons (Fsp3) is 0.385. The van der Waals surface area contributed by atoms with Crippen molar-refractivity contribution in [1.29, 1.82) is 0 Å². The fourth-order valence-corrected chi connectivity index (χ4v) is 7.09. The summed E-state index contributed by atoms with van der Waals surface area (Å²) in [5.41, 5.74) is 6.60. The van der Waals surface area contributed by atoms with Crippen molar-refractivity contribution in [3.63, 3.8) is 0 Å². The average molecular weight is 693 g/mol. The zero-order valence-corrected chi connectivity index (χ0v) is 27.0. The molecular formula is C26H29ClN10O7S2. The summed E-state index contributed by atoms with van der Waals surface area (Å²) in [6.07, 6.45) is 0.354. The quantitative estimate of drug-likeness (QED) is 0.0451. The number of aromatic nitrogens is 4. The first-order valence-corrected chi connectivity index (χ1v) is 16.0. The van der Waals surface area contributed by atoms with Gasteiger partial charge in [-0.2, -0.15) is 0 Å². The molecular weight excluding hydrogens is 664 g/mol. The number of carbonyl (C=O) groups is 4. The minimum atomic E-state index is -1.54. The number of aryl methyl sites for hydroxylation is 1. The molecule has 0 spiro atoms. The van der Waals surface area contributed by atoms with E-state index in [1.807, 2.05) is 30.8 Å². The number of rotatable bonds is 13. The van der Waals surface area contributed by atoms with Crippen molar-refractivity contribution in [1.82, 2.24) is 30.1 Å². The third-order valence-corrected chi connectivity index (χ3v) is 9.57. The zero-order chi connectivity index (χ0) is 33.3. The number of imidazole rings is 1. The Hall–Kier alpha value is -4.46. The number of thioether (sulfide) groups is 1. The molecule has 244 valence electrons. The molecule has 2 amide bonds. The number of oxime groups is 1. The van der Waals surface area contributed by atoms with E-state index < -0.39 is 47.0 Å². The molecule has 0 bridgehead atoms. The molecule has 6 N–H and O–H groups in total. The Morgan fingerprint density at radius 3 is 2.76 bits per heavy atom. The standard InChI is InChI=1S/C26H29ClN10O7S2/c1-11(23(40)41)44-34-15(14-18(27)46-25(28)32-14)20(38)31-16-21(39)37-17(24(42)43)12(10-45-22(16)37)9-36-8-4-5-13-19(36)33-26(35(13)3)30-7-6-29-2/h4-5,8,11,16,22,29H,6-7,9-10H2,1-3H3,(H5,28,31,32,38,40,41,42,43)/b34-15-/t11-,16+,22?/m0/s1. The Kier molecular flexibility index (Phi) is 9.66. The number of hydrogen-bond donors (Lipinski definition) is 5. The van der Waals surface area contributed by atoms with Crippen LogP contribution in [-0.4, -0.2) is 97.4 Å². The number of pyridine rings is 1. The van der Waals surface area contributed by atoms with Crippen LogP contribution in [0.15, 0.2) is 34.8 Å². The Bertz CT molecular complexity index is 1790. The van der Waals surface area contributed by atoms with Crippen molar-refractivity contribution in [2.45, 2.75) is 31.0 Å². The number of likely N-dealkylation sites (N-methyl/N-ethyl adjacent to an activating group) is 1. The van der Waals surface area contributed by atoms with Crippen molar-refractivity contribution < 1.29 is 38.8 Å². The van der Waals surface area contributed by atoms with Crippen LogP contribution >= 0.6 is 34.7 Å². The molecule has 0 aromatic carbocycles. The maximum absolute atomic E-state index is 13.3. The highest BCUT2D eigenvalue weighted by atomic mass is 35.5. The van der Waals surface area contributed by atoms with Gasteiger partial charge in [0.2, 0.25) is 6.10 Å². The molecule has 3 aromatic heterocycles. The number of nitrogen functional groups attached to an aromatic ring is 1. The molecule has 5 heterocycles. The van der Waals surface area contributed by atoms with Crippen LogP contribution in [0, 0.1) is 0 Å². The number of hydrogen-bond acceptors (Lipinski definition) is 14. The second-order valence-electron chi connectivity index (χ2n) is 10.2. The molecule has 1 unspecified atom stereocenters. The summed E-state index contributed by atoms with van der Waals surface area (Å²) in [6, 6.07) is 2.57. The van der Waals surface area contributed by atoms with E-state index in [1.54, 1.807) is 10.8 Å². The van der Waals surface area contributed by atoms with Gasteiger partial charge in [-0.05, 0) is 31.1 Å². The van der Waals surface area contributed by atoms with Crippen LogP contribution < -0.4 is 31.4 Å². The molecule has 1 saturated heterocycles. The van der Waals surface area contributed by atoms with Crippen molar-refractivity contribution >= 4 is 86.4 Å². The van der Waals surface area contributed by atoms with Gasteiger partial charge in [-0.1, -0.05) is 28.1 Å². The number of amides is 2. The predicted octanol–water partition coefficient (Wildman–Crippen LogP) is -1.52. The summed E-state index contributed by atoms with van der Waals surface area (Å²) < 4.78 is 3.68. The first-order chi connectivity index (χ1) is 21.9. The van der Waals surface area contributed by atoms with E-state index in [4.69, 9.17) is 32.3 Å². The number of carbonyl (C=O) groups excluding carboxylic acids is 3. The van der Waals surface area contributed by atoms with E-state index >= 15 is 0 Å². The van der Waals surface area contributed by atoms with Crippen molar-refractivity contribution in [2.75, 3.05) is 36.9 Å². The van der Waals surface area contributed by atoms with Crippen molar-refractivity contribution in [2.24, 2.45) is 12.2 Å². The molecule has 46 heavy (non-hydrogen) atoms.